The van der Waals surface area contributed by atoms with Gasteiger partial charge in [-0.15, -0.1) is 11.3 Å². The minimum absolute atomic E-state index is 0.514. The van der Waals surface area contributed by atoms with Gasteiger partial charge in [0.15, 0.2) is 0 Å². The minimum Gasteiger partial charge on any atom is -0.480 e. The van der Waals surface area contributed by atoms with E-state index in [-0.39, 0.29) is 0 Å². The maximum absolute atomic E-state index is 11.0. The topological polar surface area (TPSA) is 40.5 Å². The first kappa shape index (κ1) is 10.2. The highest BCUT2D eigenvalue weighted by molar-refractivity contribution is 7.10. The summed E-state index contributed by atoms with van der Waals surface area (Å²) in [6.07, 6.45) is 0. The van der Waals surface area contributed by atoms with Crippen molar-refractivity contribution in [3.8, 4) is 0 Å². The molecule has 0 fully saturated rings. The summed E-state index contributed by atoms with van der Waals surface area (Å²) in [6.45, 7) is 1.94. The van der Waals surface area contributed by atoms with E-state index in [1.165, 1.54) is 11.3 Å². The highest BCUT2D eigenvalue weighted by Crippen LogP contribution is 2.27. The van der Waals surface area contributed by atoms with E-state index in [0.29, 0.717) is 0 Å². The number of carboxylic acids is 1. The summed E-state index contributed by atoms with van der Waals surface area (Å²) in [5.41, 5.74) is 1.05. The quantitative estimate of drug-likeness (QED) is 0.806. The normalized spacial score (nSPS) is 13.2. The number of hydrogen-bond acceptors (Lipinski definition) is 3. The van der Waals surface area contributed by atoms with Crippen LogP contribution in [0.25, 0.3) is 0 Å². The molecule has 0 radical (unpaired) electrons. The van der Waals surface area contributed by atoms with Crippen LogP contribution in [0.4, 0.5) is 0 Å². The number of carboxylic acid groups (broad SMARTS) is 1. The van der Waals surface area contributed by atoms with Crippen molar-refractivity contribution in [3.05, 3.63) is 21.9 Å². The number of aliphatic carboxylic acids is 1. The monoisotopic (exact) mass is 199 g/mol. The van der Waals surface area contributed by atoms with Crippen LogP contribution in [0.1, 0.15) is 16.5 Å². The van der Waals surface area contributed by atoms with Crippen molar-refractivity contribution >= 4 is 17.3 Å². The molecule has 3 nitrogen and oxygen atoms in total. The third-order valence-electron chi connectivity index (χ3n) is 1.90. The van der Waals surface area contributed by atoms with E-state index >= 15 is 0 Å². The van der Waals surface area contributed by atoms with Crippen molar-refractivity contribution < 1.29 is 9.90 Å². The van der Waals surface area contributed by atoms with E-state index in [2.05, 4.69) is 0 Å². The number of carbonyl (C=O) groups is 1. The van der Waals surface area contributed by atoms with Gasteiger partial charge in [0.1, 0.15) is 6.04 Å². The van der Waals surface area contributed by atoms with Gasteiger partial charge in [-0.25, -0.2) is 0 Å². The first-order valence-corrected chi connectivity index (χ1v) is 4.85. The SMILES string of the molecule is Cc1ccsc1C(C(=O)O)N(C)C. The minimum atomic E-state index is -0.796. The van der Waals surface area contributed by atoms with Crippen LogP contribution in [0.15, 0.2) is 11.4 Å². The van der Waals surface area contributed by atoms with Crippen LogP contribution in [-0.2, 0) is 4.79 Å². The lowest BCUT2D eigenvalue weighted by Crippen LogP contribution is -2.27. The summed E-state index contributed by atoms with van der Waals surface area (Å²) in [5, 5.41) is 10.9. The molecule has 0 aliphatic heterocycles. The molecule has 1 N–H and O–H groups in total. The molecular formula is C9H13NO2S. The third-order valence-corrected chi connectivity index (χ3v) is 2.97. The Labute approximate surface area is 81.6 Å². The third kappa shape index (κ3) is 2.08. The van der Waals surface area contributed by atoms with Gasteiger partial charge in [-0.1, -0.05) is 0 Å². The van der Waals surface area contributed by atoms with Gasteiger partial charge in [-0.3, -0.25) is 9.69 Å². The average molecular weight is 199 g/mol. The molecule has 0 spiro atoms. The van der Waals surface area contributed by atoms with Gasteiger partial charge in [-0.2, -0.15) is 0 Å². The molecule has 0 aliphatic rings. The standard InChI is InChI=1S/C9H13NO2S/c1-6-4-5-13-8(6)7(9(11)12)10(2)3/h4-5,7H,1-3H3,(H,11,12). The molecule has 0 aliphatic carbocycles. The highest BCUT2D eigenvalue weighted by atomic mass is 32.1. The number of nitrogens with zero attached hydrogens (tertiary/aromatic N) is 1. The largest absolute Gasteiger partial charge is 0.480 e. The van der Waals surface area contributed by atoms with E-state index in [9.17, 15) is 4.79 Å². The van der Waals surface area contributed by atoms with Gasteiger partial charge < -0.3 is 5.11 Å². The van der Waals surface area contributed by atoms with Gasteiger partial charge in [-0.05, 0) is 38.0 Å². The number of hydrogen-bond donors (Lipinski definition) is 1. The Balaban J connectivity index is 3.02. The maximum Gasteiger partial charge on any atom is 0.326 e. The van der Waals surface area contributed by atoms with Gasteiger partial charge in [0.25, 0.3) is 0 Å². The predicted octanol–water partition coefficient (Wildman–Crippen LogP) is 1.74. The summed E-state index contributed by atoms with van der Waals surface area (Å²) in [7, 11) is 3.55. The Hall–Kier alpha value is -0.870. The number of rotatable bonds is 3. The second-order valence-corrected chi connectivity index (χ2v) is 4.12. The van der Waals surface area contributed by atoms with E-state index in [4.69, 9.17) is 5.11 Å². The lowest BCUT2D eigenvalue weighted by Gasteiger charge is -2.19. The molecule has 1 atom stereocenters. The number of aryl methyl sites for hydroxylation is 1. The molecule has 72 valence electrons. The zero-order chi connectivity index (χ0) is 10.0. The lowest BCUT2D eigenvalue weighted by atomic mass is 10.1. The molecule has 1 aromatic heterocycles. The van der Waals surface area contributed by atoms with E-state index in [1.807, 2.05) is 18.4 Å². The first-order valence-electron chi connectivity index (χ1n) is 3.97. The van der Waals surface area contributed by atoms with Crippen LogP contribution in [0.3, 0.4) is 0 Å². The fraction of sp³-hybridized carbons (Fsp3) is 0.444. The van der Waals surface area contributed by atoms with E-state index in [1.54, 1.807) is 19.0 Å². The molecule has 0 aromatic carbocycles. The Morgan fingerprint density at radius 3 is 2.54 bits per heavy atom. The predicted molar refractivity (Wildman–Crippen MR) is 53.1 cm³/mol. The van der Waals surface area contributed by atoms with E-state index < -0.39 is 12.0 Å². The molecule has 13 heavy (non-hydrogen) atoms. The molecule has 1 unspecified atom stereocenters. The van der Waals surface area contributed by atoms with Crippen LogP contribution in [-0.4, -0.2) is 30.1 Å². The summed E-state index contributed by atoms with van der Waals surface area (Å²) in [4.78, 5) is 13.6. The zero-order valence-electron chi connectivity index (χ0n) is 7.94. The molecule has 4 heteroatoms. The summed E-state index contributed by atoms with van der Waals surface area (Å²) >= 11 is 1.49. The summed E-state index contributed by atoms with van der Waals surface area (Å²) < 4.78 is 0. The number of thiophene rings is 1. The Morgan fingerprint density at radius 2 is 2.23 bits per heavy atom. The summed E-state index contributed by atoms with van der Waals surface area (Å²) in [5.74, 6) is -0.796. The smallest absolute Gasteiger partial charge is 0.326 e. The van der Waals surface area contributed by atoms with Crippen molar-refractivity contribution in [1.82, 2.24) is 4.90 Å². The average Bonchev–Trinajstić information content (AvgIpc) is 2.35. The van der Waals surface area contributed by atoms with Crippen LogP contribution in [0.5, 0.6) is 0 Å². The summed E-state index contributed by atoms with van der Waals surface area (Å²) in [6, 6.07) is 1.43. The lowest BCUT2D eigenvalue weighted by molar-refractivity contribution is -0.142. The van der Waals surface area contributed by atoms with Crippen molar-refractivity contribution in [2.45, 2.75) is 13.0 Å². The van der Waals surface area contributed by atoms with Gasteiger partial charge in [0.05, 0.1) is 0 Å². The molecule has 1 rings (SSSR count). The van der Waals surface area contributed by atoms with Gasteiger partial charge >= 0.3 is 5.97 Å². The van der Waals surface area contributed by atoms with Crippen LogP contribution in [0.2, 0.25) is 0 Å². The molecule has 0 amide bonds. The molecule has 1 heterocycles. The highest BCUT2D eigenvalue weighted by Gasteiger charge is 2.24. The van der Waals surface area contributed by atoms with Crippen LogP contribution >= 0.6 is 11.3 Å². The van der Waals surface area contributed by atoms with Crippen molar-refractivity contribution in [3.63, 3.8) is 0 Å². The second-order valence-electron chi connectivity index (χ2n) is 3.17. The molecule has 1 aromatic rings. The fourth-order valence-corrected chi connectivity index (χ4v) is 2.35. The molecule has 0 saturated carbocycles. The van der Waals surface area contributed by atoms with Crippen molar-refractivity contribution in [2.24, 2.45) is 0 Å². The van der Waals surface area contributed by atoms with Crippen LogP contribution < -0.4 is 0 Å². The van der Waals surface area contributed by atoms with E-state index in [0.717, 1.165) is 10.4 Å². The van der Waals surface area contributed by atoms with Gasteiger partial charge in [0.2, 0.25) is 0 Å². The first-order chi connectivity index (χ1) is 6.04. The van der Waals surface area contributed by atoms with Crippen molar-refractivity contribution in [1.29, 1.82) is 0 Å². The van der Waals surface area contributed by atoms with Gasteiger partial charge in [0, 0.05) is 4.88 Å². The van der Waals surface area contributed by atoms with Crippen LogP contribution in [0, 0.1) is 6.92 Å². The molecule has 0 bridgehead atoms. The molecular weight excluding hydrogens is 186 g/mol. The number of likely N-dealkylation sites (N-methyl/N-ethyl adjacent to an activating group) is 1. The fourth-order valence-electron chi connectivity index (χ4n) is 1.23. The Kier molecular flexibility index (Phi) is 3.06. The zero-order valence-corrected chi connectivity index (χ0v) is 8.76. The Bertz CT molecular complexity index is 306. The maximum atomic E-state index is 11.0. The second kappa shape index (κ2) is 3.89. The molecule has 0 saturated heterocycles. The van der Waals surface area contributed by atoms with Crippen molar-refractivity contribution in [2.75, 3.05) is 14.1 Å². The Morgan fingerprint density at radius 1 is 1.62 bits per heavy atom.